The van der Waals surface area contributed by atoms with Crippen molar-refractivity contribution >= 4 is 36.4 Å². The number of rotatable bonds is 5. The maximum absolute atomic E-state index is 9.59. The van der Waals surface area contributed by atoms with Crippen molar-refractivity contribution in [2.24, 2.45) is 0 Å². The molecule has 0 spiro atoms. The minimum atomic E-state index is -5.30. The van der Waals surface area contributed by atoms with E-state index in [9.17, 15) is 30.9 Å². The van der Waals surface area contributed by atoms with Gasteiger partial charge in [-0.3, -0.25) is 13.7 Å². The second-order valence-electron chi connectivity index (χ2n) is 2.03. The zero-order valence-electron chi connectivity index (χ0n) is 9.74. The Bertz CT molecular complexity index is 509. The SMILES string of the molecule is N.O=P([O-])(O)OP(=O)(O)O.O=S(=O)(O)OOS(=O)(=O)O.[Na+]. The van der Waals surface area contributed by atoms with E-state index in [4.69, 9.17) is 23.8 Å². The Balaban J connectivity index is -0.000000126. The quantitative estimate of drug-likeness (QED) is 0.0807. The Morgan fingerprint density at radius 3 is 1.14 bits per heavy atom. The van der Waals surface area contributed by atoms with Crippen molar-refractivity contribution in [3.8, 4) is 0 Å². The molecule has 0 radical (unpaired) electrons. The van der Waals surface area contributed by atoms with Crippen LogP contribution in [0.5, 0.6) is 0 Å². The first-order valence-electron chi connectivity index (χ1n) is 3.04. The summed E-state index contributed by atoms with van der Waals surface area (Å²) in [4.78, 5) is 32.6. The fourth-order valence-corrected chi connectivity index (χ4v) is 1.84. The van der Waals surface area contributed by atoms with Gasteiger partial charge in [-0.05, 0) is 0 Å². The van der Waals surface area contributed by atoms with Crippen molar-refractivity contribution in [1.82, 2.24) is 6.15 Å². The minimum Gasteiger partial charge on any atom is -0.756 e. The molecule has 0 heterocycles. The predicted octanol–water partition coefficient (Wildman–Crippen LogP) is -5.74. The van der Waals surface area contributed by atoms with Gasteiger partial charge in [-0.1, -0.05) is 8.67 Å². The van der Waals surface area contributed by atoms with E-state index in [1.54, 1.807) is 0 Å². The molecule has 16 nitrogen and oxygen atoms in total. The summed E-state index contributed by atoms with van der Waals surface area (Å²) in [6, 6.07) is 0. The zero-order valence-corrected chi connectivity index (χ0v) is 15.2. The van der Waals surface area contributed by atoms with Crippen LogP contribution in [-0.4, -0.2) is 40.6 Å². The van der Waals surface area contributed by atoms with Crippen LogP contribution in [0.2, 0.25) is 0 Å². The van der Waals surface area contributed by atoms with E-state index in [2.05, 4.69) is 13.0 Å². The van der Waals surface area contributed by atoms with Crippen molar-refractivity contribution in [3.05, 3.63) is 0 Å². The van der Waals surface area contributed by atoms with Gasteiger partial charge < -0.3 is 25.7 Å². The van der Waals surface area contributed by atoms with Gasteiger partial charge in [0.25, 0.3) is 7.82 Å². The largest absolute Gasteiger partial charge is 1.00 e. The molecule has 0 aromatic carbocycles. The van der Waals surface area contributed by atoms with Crippen LogP contribution in [0.25, 0.3) is 0 Å². The average molecular weight is 411 g/mol. The molecular formula is H8NNaO15P2S2. The van der Waals surface area contributed by atoms with Gasteiger partial charge in [-0.15, -0.1) is 0 Å². The Hall–Kier alpha value is 0.960. The first-order chi connectivity index (χ1) is 7.91. The molecular weight excluding hydrogens is 403 g/mol. The molecule has 0 aromatic heterocycles. The number of hydrogen-bond donors (Lipinski definition) is 6. The monoisotopic (exact) mass is 411 g/mol. The summed E-state index contributed by atoms with van der Waals surface area (Å²) in [6.07, 6.45) is 0. The van der Waals surface area contributed by atoms with E-state index in [0.717, 1.165) is 0 Å². The molecule has 0 aliphatic heterocycles. The summed E-state index contributed by atoms with van der Waals surface area (Å²) in [5.41, 5.74) is 0. The van der Waals surface area contributed by atoms with Crippen LogP contribution in [0.1, 0.15) is 0 Å². The Kier molecular flexibility index (Phi) is 15.2. The van der Waals surface area contributed by atoms with Crippen LogP contribution in [0.3, 0.4) is 0 Å². The van der Waals surface area contributed by atoms with Crippen LogP contribution in [-0.2, 0) is 42.9 Å². The van der Waals surface area contributed by atoms with Gasteiger partial charge in [0, 0.05) is 0 Å². The van der Waals surface area contributed by atoms with E-state index in [-0.39, 0.29) is 35.7 Å². The maximum atomic E-state index is 9.59. The molecule has 8 N–H and O–H groups in total. The van der Waals surface area contributed by atoms with E-state index in [0.29, 0.717) is 0 Å². The minimum absolute atomic E-state index is 0. The summed E-state index contributed by atoms with van der Waals surface area (Å²) in [5.74, 6) is 0. The van der Waals surface area contributed by atoms with Crippen molar-refractivity contribution < 1.29 is 97.2 Å². The van der Waals surface area contributed by atoms with E-state index in [1.165, 1.54) is 0 Å². The Morgan fingerprint density at radius 1 is 0.857 bits per heavy atom. The van der Waals surface area contributed by atoms with Crippen LogP contribution in [0, 0.1) is 0 Å². The van der Waals surface area contributed by atoms with Crippen molar-refractivity contribution in [3.63, 3.8) is 0 Å². The van der Waals surface area contributed by atoms with Gasteiger partial charge in [0.15, 0.2) is 0 Å². The molecule has 0 rings (SSSR count). The maximum Gasteiger partial charge on any atom is 1.00 e. The van der Waals surface area contributed by atoms with Crippen LogP contribution in [0.15, 0.2) is 0 Å². The first-order valence-corrected chi connectivity index (χ1v) is 8.80. The summed E-state index contributed by atoms with van der Waals surface area (Å²) in [6.45, 7) is 0. The second kappa shape index (κ2) is 10.7. The van der Waals surface area contributed by atoms with E-state index in [1.807, 2.05) is 0 Å². The molecule has 0 aliphatic rings. The first kappa shape index (κ1) is 29.9. The van der Waals surface area contributed by atoms with Crippen molar-refractivity contribution in [2.75, 3.05) is 0 Å². The van der Waals surface area contributed by atoms with Gasteiger partial charge in [-0.25, -0.2) is 8.88 Å². The Morgan fingerprint density at radius 2 is 1.10 bits per heavy atom. The second-order valence-corrected chi connectivity index (χ2v) is 6.59. The van der Waals surface area contributed by atoms with Crippen LogP contribution >= 0.6 is 15.6 Å². The molecule has 1 unspecified atom stereocenters. The topological polar surface area (TPSA) is 289 Å². The standard InChI is InChI=1S/H3N.Na.H2O8S2.H4O7P2/c;;1-9(2,3)7-8-10(4,5)6;1-8(2,3)7-9(4,5)6/h1H3;;(H,1,2,3)(H,4,5,6);(H2,1,2,3)(H2,4,5,6)/q;+1;;/p-1. The third-order valence-corrected chi connectivity index (χ3v) is 2.65. The molecule has 0 saturated heterocycles. The fourth-order valence-electron chi connectivity index (χ4n) is 0.205. The molecule has 0 aromatic rings. The summed E-state index contributed by atoms with van der Waals surface area (Å²) >= 11 is 0. The van der Waals surface area contributed by atoms with Gasteiger partial charge in [0.1, 0.15) is 0 Å². The molecule has 1 atom stereocenters. The predicted molar refractivity (Wildman–Crippen MR) is 53.2 cm³/mol. The molecule has 126 valence electrons. The fraction of sp³-hybridized carbons (Fsp3) is 0. The summed E-state index contributed by atoms with van der Waals surface area (Å²) in [5, 5.41) is 0. The van der Waals surface area contributed by atoms with Crippen LogP contribution < -0.4 is 40.6 Å². The van der Waals surface area contributed by atoms with Gasteiger partial charge in [-0.2, -0.15) is 16.8 Å². The van der Waals surface area contributed by atoms with Crippen molar-refractivity contribution in [2.45, 2.75) is 0 Å². The third-order valence-electron chi connectivity index (χ3n) is 0.409. The third kappa shape index (κ3) is 38.7. The summed E-state index contributed by atoms with van der Waals surface area (Å²) in [7, 11) is -20.5. The molecule has 21 heteroatoms. The molecule has 0 amide bonds. The van der Waals surface area contributed by atoms with E-state index < -0.39 is 36.4 Å². The van der Waals surface area contributed by atoms with Crippen molar-refractivity contribution in [1.29, 1.82) is 0 Å². The number of hydrogen-bond acceptors (Lipinski definition) is 11. The average Bonchev–Trinajstić information content (AvgIpc) is 1.91. The molecule has 0 saturated carbocycles. The van der Waals surface area contributed by atoms with Gasteiger partial charge in [0.05, 0.1) is 0 Å². The Labute approximate surface area is 139 Å². The normalized spacial score (nSPS) is 14.6. The number of phosphoric acid groups is 2. The molecule has 0 bridgehead atoms. The van der Waals surface area contributed by atoms with Gasteiger partial charge in [0.2, 0.25) is 0 Å². The zero-order chi connectivity index (χ0) is 16.1. The smallest absolute Gasteiger partial charge is 0.756 e. The molecule has 0 aliphatic carbocycles. The molecule has 21 heavy (non-hydrogen) atoms. The molecule has 0 fully saturated rings. The van der Waals surface area contributed by atoms with Crippen LogP contribution in [0.4, 0.5) is 0 Å². The van der Waals surface area contributed by atoms with E-state index >= 15 is 0 Å². The van der Waals surface area contributed by atoms with Gasteiger partial charge >= 0.3 is 58.2 Å². The summed E-state index contributed by atoms with van der Waals surface area (Å²) < 4.78 is 80.8.